The molecule has 2 aromatic carbocycles. The van der Waals surface area contributed by atoms with Crippen molar-refractivity contribution in [2.24, 2.45) is 0 Å². The summed E-state index contributed by atoms with van der Waals surface area (Å²) in [4.78, 5) is 13.8. The molecule has 0 aliphatic carbocycles. The number of hydrogen-bond acceptors (Lipinski definition) is 5. The van der Waals surface area contributed by atoms with Crippen LogP contribution in [0.4, 0.5) is 0 Å². The van der Waals surface area contributed by atoms with E-state index in [1.54, 1.807) is 14.0 Å². The fourth-order valence-electron chi connectivity index (χ4n) is 2.71. The van der Waals surface area contributed by atoms with E-state index in [4.69, 9.17) is 4.74 Å². The minimum atomic E-state index is -0.561. The zero-order valence-corrected chi connectivity index (χ0v) is 16.6. The Hall–Kier alpha value is -3.22. The van der Waals surface area contributed by atoms with Crippen molar-refractivity contribution < 1.29 is 9.53 Å². The lowest BCUT2D eigenvalue weighted by Crippen LogP contribution is -2.31. The Labute approximate surface area is 164 Å². The number of benzene rings is 2. The molecule has 146 valence electrons. The summed E-state index contributed by atoms with van der Waals surface area (Å²) in [6.07, 6.45) is 0. The lowest BCUT2D eigenvalue weighted by molar-refractivity contribution is -0.124. The van der Waals surface area contributed by atoms with Gasteiger partial charge in [0.25, 0.3) is 0 Å². The third-order valence-electron chi connectivity index (χ3n) is 4.62. The molecule has 0 bridgehead atoms. The molecule has 7 heteroatoms. The molecule has 0 radical (unpaired) electrons. The Bertz CT molecular complexity index is 917. The van der Waals surface area contributed by atoms with E-state index in [1.807, 2.05) is 36.4 Å². The molecule has 0 spiro atoms. The van der Waals surface area contributed by atoms with Crippen LogP contribution < -0.4 is 10.1 Å². The monoisotopic (exact) mass is 379 g/mol. The molecule has 3 rings (SSSR count). The summed E-state index contributed by atoms with van der Waals surface area (Å²) in [5.74, 6) is 1.58. The van der Waals surface area contributed by atoms with Crippen LogP contribution in [-0.2, 0) is 11.3 Å². The van der Waals surface area contributed by atoms with E-state index in [0.29, 0.717) is 18.3 Å². The molecular weight excluding hydrogens is 354 g/mol. The summed E-state index contributed by atoms with van der Waals surface area (Å²) in [6, 6.07) is 15.1. The van der Waals surface area contributed by atoms with Crippen molar-refractivity contribution in [2.45, 2.75) is 39.3 Å². The molecule has 1 aromatic heterocycles. The van der Waals surface area contributed by atoms with Crippen LogP contribution >= 0.6 is 0 Å². The van der Waals surface area contributed by atoms with Crippen LogP contribution in [0.2, 0.25) is 0 Å². The summed E-state index contributed by atoms with van der Waals surface area (Å²) >= 11 is 0. The first-order chi connectivity index (χ1) is 13.5. The minimum absolute atomic E-state index is 0.171. The van der Waals surface area contributed by atoms with Crippen molar-refractivity contribution >= 4 is 5.91 Å². The maximum atomic E-state index is 12.4. The van der Waals surface area contributed by atoms with Crippen LogP contribution in [0.3, 0.4) is 0 Å². The van der Waals surface area contributed by atoms with Crippen LogP contribution in [0.25, 0.3) is 11.4 Å². The number of carbonyl (C=O) groups is 1. The molecule has 7 nitrogen and oxygen atoms in total. The lowest BCUT2D eigenvalue weighted by Gasteiger charge is -2.11. The second-order valence-electron chi connectivity index (χ2n) is 6.95. The van der Waals surface area contributed by atoms with Gasteiger partial charge in [0.05, 0.1) is 7.11 Å². The topological polar surface area (TPSA) is 81.9 Å². The van der Waals surface area contributed by atoms with Gasteiger partial charge < -0.3 is 10.1 Å². The summed E-state index contributed by atoms with van der Waals surface area (Å²) in [7, 11) is 1.62. The van der Waals surface area contributed by atoms with Gasteiger partial charge in [-0.2, -0.15) is 4.80 Å². The van der Waals surface area contributed by atoms with Crippen LogP contribution in [0, 0.1) is 0 Å². The van der Waals surface area contributed by atoms with Crippen LogP contribution in [0.5, 0.6) is 5.75 Å². The fourth-order valence-corrected chi connectivity index (χ4v) is 2.71. The zero-order valence-electron chi connectivity index (χ0n) is 16.6. The van der Waals surface area contributed by atoms with Crippen LogP contribution in [0.15, 0.2) is 48.5 Å². The average molecular weight is 379 g/mol. The van der Waals surface area contributed by atoms with Gasteiger partial charge in [0.1, 0.15) is 11.8 Å². The second kappa shape index (κ2) is 8.65. The van der Waals surface area contributed by atoms with E-state index in [1.165, 1.54) is 10.4 Å². The highest BCUT2D eigenvalue weighted by Crippen LogP contribution is 2.20. The number of carbonyl (C=O) groups excluding carboxylic acids is 1. The largest absolute Gasteiger partial charge is 0.497 e. The molecule has 0 unspecified atom stereocenters. The normalized spacial score (nSPS) is 12.0. The Balaban J connectivity index is 1.62. The summed E-state index contributed by atoms with van der Waals surface area (Å²) < 4.78 is 5.13. The molecule has 1 amide bonds. The Morgan fingerprint density at radius 3 is 2.36 bits per heavy atom. The molecule has 1 heterocycles. The van der Waals surface area contributed by atoms with Crippen LogP contribution in [-0.4, -0.2) is 33.2 Å². The van der Waals surface area contributed by atoms with Gasteiger partial charge >= 0.3 is 0 Å². The smallest absolute Gasteiger partial charge is 0.246 e. The summed E-state index contributed by atoms with van der Waals surface area (Å²) in [5, 5.41) is 15.4. The highest BCUT2D eigenvalue weighted by atomic mass is 16.5. The molecule has 1 atom stereocenters. The van der Waals surface area contributed by atoms with Gasteiger partial charge in [-0.15, -0.1) is 10.2 Å². The Morgan fingerprint density at radius 2 is 1.75 bits per heavy atom. The van der Waals surface area contributed by atoms with E-state index in [9.17, 15) is 4.79 Å². The van der Waals surface area contributed by atoms with Crippen molar-refractivity contribution in [1.29, 1.82) is 0 Å². The van der Waals surface area contributed by atoms with E-state index >= 15 is 0 Å². The van der Waals surface area contributed by atoms with Gasteiger partial charge in [0, 0.05) is 12.1 Å². The molecule has 1 N–H and O–H groups in total. The first-order valence-electron chi connectivity index (χ1n) is 9.28. The van der Waals surface area contributed by atoms with E-state index < -0.39 is 6.04 Å². The number of tetrazole rings is 1. The lowest BCUT2D eigenvalue weighted by atomic mass is 10.0. The van der Waals surface area contributed by atoms with Gasteiger partial charge in [-0.05, 0) is 41.3 Å². The van der Waals surface area contributed by atoms with E-state index in [-0.39, 0.29) is 5.91 Å². The number of hydrogen-bond donors (Lipinski definition) is 1. The van der Waals surface area contributed by atoms with Crippen molar-refractivity contribution in [3.05, 3.63) is 59.7 Å². The third-order valence-corrected chi connectivity index (χ3v) is 4.62. The first kappa shape index (κ1) is 19.5. The van der Waals surface area contributed by atoms with Crippen molar-refractivity contribution in [1.82, 2.24) is 25.5 Å². The Kier molecular flexibility index (Phi) is 6.03. The number of ether oxygens (including phenoxy) is 1. The number of nitrogens with one attached hydrogen (secondary N) is 1. The van der Waals surface area contributed by atoms with E-state index in [2.05, 4.69) is 46.7 Å². The van der Waals surface area contributed by atoms with Crippen molar-refractivity contribution in [3.8, 4) is 17.1 Å². The van der Waals surface area contributed by atoms with E-state index in [0.717, 1.165) is 16.9 Å². The van der Waals surface area contributed by atoms with Crippen LogP contribution in [0.1, 0.15) is 43.9 Å². The maximum Gasteiger partial charge on any atom is 0.246 e. The molecular formula is C21H25N5O2. The van der Waals surface area contributed by atoms with Crippen molar-refractivity contribution in [2.75, 3.05) is 7.11 Å². The molecule has 0 aliphatic heterocycles. The molecule has 0 saturated carbocycles. The molecule has 0 saturated heterocycles. The SMILES string of the molecule is COc1ccc(CNC(=O)[C@@H](C)n2nnc(-c3ccc(C(C)C)cc3)n2)cc1. The average Bonchev–Trinajstić information content (AvgIpc) is 3.22. The quantitative estimate of drug-likeness (QED) is 0.681. The highest BCUT2D eigenvalue weighted by Gasteiger charge is 2.18. The number of amides is 1. The standard InChI is InChI=1S/C21H25N5O2/c1-14(2)17-7-9-18(10-8-17)20-23-25-26(24-20)15(3)21(27)22-13-16-5-11-19(28-4)12-6-16/h5-12,14-15H,13H2,1-4H3,(H,22,27)/t15-/m1/s1. The van der Waals surface area contributed by atoms with Gasteiger partial charge in [0.2, 0.25) is 11.7 Å². The third kappa shape index (κ3) is 4.54. The number of nitrogens with zero attached hydrogens (tertiary/aromatic N) is 4. The molecule has 0 fully saturated rings. The molecule has 0 aliphatic rings. The minimum Gasteiger partial charge on any atom is -0.497 e. The predicted molar refractivity (Wildman–Crippen MR) is 107 cm³/mol. The summed E-state index contributed by atoms with van der Waals surface area (Å²) in [5.41, 5.74) is 3.11. The first-order valence-corrected chi connectivity index (χ1v) is 9.28. The summed E-state index contributed by atoms with van der Waals surface area (Å²) in [6.45, 7) is 6.47. The zero-order chi connectivity index (χ0) is 20.1. The Morgan fingerprint density at radius 1 is 1.07 bits per heavy atom. The van der Waals surface area contributed by atoms with Gasteiger partial charge in [-0.3, -0.25) is 4.79 Å². The van der Waals surface area contributed by atoms with Gasteiger partial charge in [-0.1, -0.05) is 50.2 Å². The predicted octanol–water partition coefficient (Wildman–Crippen LogP) is 3.35. The molecule has 3 aromatic rings. The highest BCUT2D eigenvalue weighted by molar-refractivity contribution is 5.79. The molecule has 28 heavy (non-hydrogen) atoms. The number of methoxy groups -OCH3 is 1. The number of rotatable bonds is 7. The van der Waals surface area contributed by atoms with Gasteiger partial charge in [0.15, 0.2) is 0 Å². The maximum absolute atomic E-state index is 12.4. The second-order valence-corrected chi connectivity index (χ2v) is 6.95. The fraction of sp³-hybridized carbons (Fsp3) is 0.333. The van der Waals surface area contributed by atoms with Crippen molar-refractivity contribution in [3.63, 3.8) is 0 Å². The van der Waals surface area contributed by atoms with Gasteiger partial charge in [-0.25, -0.2) is 0 Å². The number of aromatic nitrogens is 4.